The molecular formula is C16H20N4O4. The number of hydrogen-bond acceptors (Lipinski definition) is 5. The van der Waals surface area contributed by atoms with Crippen LogP contribution in [0.1, 0.15) is 46.8 Å². The first-order chi connectivity index (χ1) is 11.5. The second-order valence-corrected chi connectivity index (χ2v) is 5.10. The summed E-state index contributed by atoms with van der Waals surface area (Å²) in [6.07, 6.45) is 1.27. The van der Waals surface area contributed by atoms with E-state index < -0.39 is 5.97 Å². The number of benzene rings is 1. The van der Waals surface area contributed by atoms with Crippen molar-refractivity contribution in [2.75, 3.05) is 13.7 Å². The maximum Gasteiger partial charge on any atom is 0.358 e. The summed E-state index contributed by atoms with van der Waals surface area (Å²) in [5.41, 5.74) is 1.43. The average Bonchev–Trinajstić information content (AvgIpc) is 2.98. The van der Waals surface area contributed by atoms with E-state index in [2.05, 4.69) is 15.6 Å². The standard InChI is InChI=1S/C16H20N4O4/c1-4-6-12-14(16(22)23)18-19-20(12)10-7-8-11(13(9-10)24-3)15(21)17-5-2/h7-9H,4-6H2,1-3H3,(H,17,21)(H,22,23). The second kappa shape index (κ2) is 7.58. The Labute approximate surface area is 139 Å². The van der Waals surface area contributed by atoms with Gasteiger partial charge in [-0.05, 0) is 25.5 Å². The molecule has 0 fully saturated rings. The number of aromatic carboxylic acids is 1. The lowest BCUT2D eigenvalue weighted by Gasteiger charge is -2.12. The van der Waals surface area contributed by atoms with Crippen LogP contribution in [0.25, 0.3) is 5.69 Å². The van der Waals surface area contributed by atoms with Crippen LogP contribution in [0.5, 0.6) is 5.75 Å². The number of ether oxygens (including phenoxy) is 1. The summed E-state index contributed by atoms with van der Waals surface area (Å²) >= 11 is 0. The Hall–Kier alpha value is -2.90. The van der Waals surface area contributed by atoms with E-state index in [1.165, 1.54) is 11.8 Å². The number of nitrogens with one attached hydrogen (secondary N) is 1. The molecule has 2 aromatic rings. The van der Waals surface area contributed by atoms with Gasteiger partial charge in [0.1, 0.15) is 5.75 Å². The molecule has 1 aromatic carbocycles. The van der Waals surface area contributed by atoms with E-state index in [9.17, 15) is 14.7 Å². The number of nitrogens with zero attached hydrogens (tertiary/aromatic N) is 3. The van der Waals surface area contributed by atoms with Gasteiger partial charge in [0.2, 0.25) is 0 Å². The van der Waals surface area contributed by atoms with Gasteiger partial charge in [-0.25, -0.2) is 9.48 Å². The molecular weight excluding hydrogens is 312 g/mol. The molecule has 1 aromatic heterocycles. The van der Waals surface area contributed by atoms with Crippen molar-refractivity contribution in [2.24, 2.45) is 0 Å². The van der Waals surface area contributed by atoms with Gasteiger partial charge in [-0.2, -0.15) is 0 Å². The largest absolute Gasteiger partial charge is 0.496 e. The van der Waals surface area contributed by atoms with Crippen LogP contribution in [0, 0.1) is 0 Å². The Morgan fingerprint density at radius 1 is 1.33 bits per heavy atom. The molecule has 1 heterocycles. The zero-order chi connectivity index (χ0) is 17.7. The van der Waals surface area contributed by atoms with Crippen molar-refractivity contribution in [2.45, 2.75) is 26.7 Å². The third-order valence-corrected chi connectivity index (χ3v) is 3.46. The molecule has 0 saturated heterocycles. The molecule has 0 unspecified atom stereocenters. The lowest BCUT2D eigenvalue weighted by Crippen LogP contribution is -2.23. The third-order valence-electron chi connectivity index (χ3n) is 3.46. The molecule has 0 spiro atoms. The molecule has 2 N–H and O–H groups in total. The summed E-state index contributed by atoms with van der Waals surface area (Å²) in [4.78, 5) is 23.3. The van der Waals surface area contributed by atoms with Crippen LogP contribution in [0.3, 0.4) is 0 Å². The zero-order valence-corrected chi connectivity index (χ0v) is 13.9. The summed E-state index contributed by atoms with van der Waals surface area (Å²) in [5, 5.41) is 19.6. The maximum absolute atomic E-state index is 12.0. The molecule has 0 aliphatic carbocycles. The van der Waals surface area contributed by atoms with Gasteiger partial charge in [0, 0.05) is 12.6 Å². The summed E-state index contributed by atoms with van der Waals surface area (Å²) in [6.45, 7) is 4.29. The van der Waals surface area contributed by atoms with E-state index >= 15 is 0 Å². The number of carbonyl (C=O) groups excluding carboxylic acids is 1. The van der Waals surface area contributed by atoms with Gasteiger partial charge >= 0.3 is 5.97 Å². The number of rotatable bonds is 7. The topological polar surface area (TPSA) is 106 Å². The minimum absolute atomic E-state index is 0.0661. The van der Waals surface area contributed by atoms with Crippen molar-refractivity contribution in [3.05, 3.63) is 35.2 Å². The van der Waals surface area contributed by atoms with E-state index in [0.29, 0.717) is 35.7 Å². The number of carbonyl (C=O) groups is 2. The zero-order valence-electron chi connectivity index (χ0n) is 13.9. The molecule has 0 saturated carbocycles. The predicted octanol–water partition coefficient (Wildman–Crippen LogP) is 1.68. The van der Waals surface area contributed by atoms with E-state index in [1.807, 2.05) is 13.8 Å². The summed E-state index contributed by atoms with van der Waals surface area (Å²) in [7, 11) is 1.47. The van der Waals surface area contributed by atoms with Gasteiger partial charge < -0.3 is 15.2 Å². The van der Waals surface area contributed by atoms with Crippen molar-refractivity contribution in [1.82, 2.24) is 20.3 Å². The minimum atomic E-state index is -1.12. The monoisotopic (exact) mass is 332 g/mol. The van der Waals surface area contributed by atoms with Crippen LogP contribution in [0.2, 0.25) is 0 Å². The highest BCUT2D eigenvalue weighted by molar-refractivity contribution is 5.97. The fourth-order valence-electron chi connectivity index (χ4n) is 2.39. The number of hydrogen-bond donors (Lipinski definition) is 2. The molecule has 8 nitrogen and oxygen atoms in total. The van der Waals surface area contributed by atoms with Crippen LogP contribution >= 0.6 is 0 Å². The van der Waals surface area contributed by atoms with E-state index in [4.69, 9.17) is 4.74 Å². The van der Waals surface area contributed by atoms with Crippen molar-refractivity contribution >= 4 is 11.9 Å². The SMILES string of the molecule is CCCc1c(C(=O)O)nnn1-c1ccc(C(=O)NCC)c(OC)c1. The Bertz CT molecular complexity index is 755. The van der Waals surface area contributed by atoms with Gasteiger partial charge in [0.15, 0.2) is 5.69 Å². The lowest BCUT2D eigenvalue weighted by atomic mass is 10.1. The second-order valence-electron chi connectivity index (χ2n) is 5.10. The first-order valence-electron chi connectivity index (χ1n) is 7.67. The number of aromatic nitrogens is 3. The van der Waals surface area contributed by atoms with Gasteiger partial charge in [0.05, 0.1) is 24.1 Å². The molecule has 128 valence electrons. The van der Waals surface area contributed by atoms with Gasteiger partial charge in [-0.1, -0.05) is 18.6 Å². The highest BCUT2D eigenvalue weighted by Crippen LogP contribution is 2.24. The molecule has 0 aliphatic rings. The van der Waals surface area contributed by atoms with Gasteiger partial charge in [0.25, 0.3) is 5.91 Å². The molecule has 24 heavy (non-hydrogen) atoms. The quantitative estimate of drug-likeness (QED) is 0.799. The number of carboxylic acids is 1. The van der Waals surface area contributed by atoms with E-state index in [1.54, 1.807) is 18.2 Å². The van der Waals surface area contributed by atoms with Gasteiger partial charge in [-0.3, -0.25) is 4.79 Å². The molecule has 2 rings (SSSR count). The van der Waals surface area contributed by atoms with Crippen molar-refractivity contribution in [3.8, 4) is 11.4 Å². The Morgan fingerprint density at radius 2 is 2.08 bits per heavy atom. The molecule has 1 amide bonds. The highest BCUT2D eigenvalue weighted by atomic mass is 16.5. The van der Waals surface area contributed by atoms with Gasteiger partial charge in [-0.15, -0.1) is 5.10 Å². The predicted molar refractivity (Wildman–Crippen MR) is 86.9 cm³/mol. The Kier molecular flexibility index (Phi) is 5.51. The van der Waals surface area contributed by atoms with Crippen LogP contribution in [-0.2, 0) is 6.42 Å². The fourth-order valence-corrected chi connectivity index (χ4v) is 2.39. The molecule has 0 aliphatic heterocycles. The Morgan fingerprint density at radius 3 is 2.67 bits per heavy atom. The average molecular weight is 332 g/mol. The van der Waals surface area contributed by atoms with E-state index in [-0.39, 0.29) is 11.6 Å². The molecule has 8 heteroatoms. The Balaban J connectivity index is 2.50. The number of methoxy groups -OCH3 is 1. The van der Waals surface area contributed by atoms with Crippen LogP contribution < -0.4 is 10.1 Å². The normalized spacial score (nSPS) is 10.5. The van der Waals surface area contributed by atoms with Crippen LogP contribution in [0.4, 0.5) is 0 Å². The third kappa shape index (κ3) is 3.37. The minimum Gasteiger partial charge on any atom is -0.496 e. The number of carboxylic acid groups (broad SMARTS) is 1. The first-order valence-corrected chi connectivity index (χ1v) is 7.67. The summed E-state index contributed by atoms with van der Waals surface area (Å²) in [5.74, 6) is -0.969. The fraction of sp³-hybridized carbons (Fsp3) is 0.375. The summed E-state index contributed by atoms with van der Waals surface area (Å²) < 4.78 is 6.76. The van der Waals surface area contributed by atoms with E-state index in [0.717, 1.165) is 6.42 Å². The van der Waals surface area contributed by atoms with Crippen LogP contribution in [-0.4, -0.2) is 45.6 Å². The van der Waals surface area contributed by atoms with Crippen LogP contribution in [0.15, 0.2) is 18.2 Å². The smallest absolute Gasteiger partial charge is 0.358 e. The number of amides is 1. The molecule has 0 radical (unpaired) electrons. The molecule has 0 bridgehead atoms. The first kappa shape index (κ1) is 17.5. The highest BCUT2D eigenvalue weighted by Gasteiger charge is 2.20. The summed E-state index contributed by atoms with van der Waals surface area (Å²) in [6, 6.07) is 4.95. The van der Waals surface area contributed by atoms with Crippen molar-refractivity contribution in [3.63, 3.8) is 0 Å². The van der Waals surface area contributed by atoms with Crippen molar-refractivity contribution in [1.29, 1.82) is 0 Å². The molecule has 0 atom stereocenters. The van der Waals surface area contributed by atoms with Crippen molar-refractivity contribution < 1.29 is 19.4 Å². The maximum atomic E-state index is 12.0. The lowest BCUT2D eigenvalue weighted by molar-refractivity contribution is 0.0688.